The van der Waals surface area contributed by atoms with Crippen LogP contribution >= 0.6 is 23.2 Å². The van der Waals surface area contributed by atoms with Crippen molar-refractivity contribution in [3.8, 4) is 5.69 Å². The number of aliphatic hydroxyl groups is 1. The number of rotatable bonds is 3. The fourth-order valence-electron chi connectivity index (χ4n) is 2.40. The Labute approximate surface area is 126 Å². The molecule has 5 nitrogen and oxygen atoms in total. The first kappa shape index (κ1) is 13.8. The maximum atomic E-state index is 9.42. The molecule has 0 bridgehead atoms. The molecule has 0 amide bonds. The highest BCUT2D eigenvalue weighted by atomic mass is 35.5. The van der Waals surface area contributed by atoms with Gasteiger partial charge < -0.3 is 9.84 Å². The zero-order chi connectivity index (χ0) is 14.1. The Bertz CT molecular complexity index is 604. The average Bonchev–Trinajstić information content (AvgIpc) is 3.06. The highest BCUT2D eigenvalue weighted by Gasteiger charge is 2.27. The number of benzene rings is 1. The van der Waals surface area contributed by atoms with Crippen LogP contribution in [0.4, 0.5) is 0 Å². The summed E-state index contributed by atoms with van der Waals surface area (Å²) in [7, 11) is 0. The fraction of sp³-hybridized carbons (Fsp3) is 0.385. The molecule has 1 N–H and O–H groups in total. The number of halogens is 2. The molecule has 1 unspecified atom stereocenters. The number of aromatic nitrogens is 3. The second-order valence-corrected chi connectivity index (χ2v) is 5.49. The molecule has 20 heavy (non-hydrogen) atoms. The van der Waals surface area contributed by atoms with Crippen LogP contribution in [0.3, 0.4) is 0 Å². The van der Waals surface area contributed by atoms with Crippen LogP contribution in [0.5, 0.6) is 0 Å². The van der Waals surface area contributed by atoms with Crippen LogP contribution in [-0.4, -0.2) is 26.7 Å². The van der Waals surface area contributed by atoms with Crippen LogP contribution in [0.2, 0.25) is 10.0 Å². The lowest BCUT2D eigenvalue weighted by Gasteiger charge is -2.13. The van der Waals surface area contributed by atoms with Crippen molar-refractivity contribution in [1.82, 2.24) is 15.0 Å². The summed E-state index contributed by atoms with van der Waals surface area (Å²) in [5.74, 6) is 0. The van der Waals surface area contributed by atoms with Crippen molar-refractivity contribution in [2.75, 3.05) is 6.61 Å². The number of nitrogens with zero attached hydrogens (tertiary/aromatic N) is 3. The second kappa shape index (κ2) is 5.69. The maximum absolute atomic E-state index is 9.42. The minimum atomic E-state index is -0.177. The first-order valence-electron chi connectivity index (χ1n) is 6.32. The zero-order valence-corrected chi connectivity index (χ0v) is 12.1. The smallest absolute Gasteiger partial charge is 0.114 e. The highest BCUT2D eigenvalue weighted by molar-refractivity contribution is 6.34. The van der Waals surface area contributed by atoms with Crippen LogP contribution in [0.15, 0.2) is 18.2 Å². The normalized spacial score (nSPS) is 18.6. The van der Waals surface area contributed by atoms with E-state index in [9.17, 15) is 5.11 Å². The number of aliphatic hydroxyl groups excluding tert-OH is 1. The van der Waals surface area contributed by atoms with Gasteiger partial charge in [0, 0.05) is 16.7 Å². The summed E-state index contributed by atoms with van der Waals surface area (Å²) in [6.07, 6.45) is 1.76. The fourth-order valence-corrected chi connectivity index (χ4v) is 2.92. The summed E-state index contributed by atoms with van der Waals surface area (Å²) >= 11 is 12.1. The van der Waals surface area contributed by atoms with Gasteiger partial charge in [-0.15, -0.1) is 5.10 Å². The van der Waals surface area contributed by atoms with Gasteiger partial charge in [0.15, 0.2) is 0 Å². The highest BCUT2D eigenvalue weighted by Crippen LogP contribution is 2.32. The lowest BCUT2D eigenvalue weighted by Crippen LogP contribution is -2.09. The predicted molar refractivity (Wildman–Crippen MR) is 75.2 cm³/mol. The predicted octanol–water partition coefficient (Wildman–Crippen LogP) is 2.92. The molecular formula is C13H13Cl2N3O2. The van der Waals surface area contributed by atoms with Crippen molar-refractivity contribution in [2.24, 2.45) is 0 Å². The number of hydrogen-bond acceptors (Lipinski definition) is 4. The van der Waals surface area contributed by atoms with Gasteiger partial charge in [0.2, 0.25) is 0 Å². The van der Waals surface area contributed by atoms with E-state index in [2.05, 4.69) is 10.3 Å². The molecule has 1 atom stereocenters. The monoisotopic (exact) mass is 313 g/mol. The number of hydrogen-bond donors (Lipinski definition) is 1. The van der Waals surface area contributed by atoms with Gasteiger partial charge in [-0.2, -0.15) is 0 Å². The first-order valence-corrected chi connectivity index (χ1v) is 7.08. The van der Waals surface area contributed by atoms with E-state index in [1.54, 1.807) is 22.9 Å². The maximum Gasteiger partial charge on any atom is 0.114 e. The van der Waals surface area contributed by atoms with Crippen molar-refractivity contribution in [3.63, 3.8) is 0 Å². The number of ether oxygens (including phenoxy) is 1. The van der Waals surface area contributed by atoms with Crippen molar-refractivity contribution in [1.29, 1.82) is 0 Å². The van der Waals surface area contributed by atoms with E-state index < -0.39 is 0 Å². The third-order valence-corrected chi connectivity index (χ3v) is 3.69. The minimum Gasteiger partial charge on any atom is -0.390 e. The lowest BCUT2D eigenvalue weighted by molar-refractivity contribution is 0.104. The largest absolute Gasteiger partial charge is 0.390 e. The van der Waals surface area contributed by atoms with Crippen molar-refractivity contribution >= 4 is 23.2 Å². The van der Waals surface area contributed by atoms with Gasteiger partial charge in [0.1, 0.15) is 11.8 Å². The SMILES string of the molecule is OCc1nnn(-c2cc(Cl)cc(Cl)c2)c1C1CCCO1. The molecule has 1 saturated heterocycles. The Morgan fingerprint density at radius 3 is 2.65 bits per heavy atom. The molecule has 0 spiro atoms. The molecule has 7 heteroatoms. The van der Waals surface area contributed by atoms with Crippen LogP contribution in [0.1, 0.15) is 30.3 Å². The lowest BCUT2D eigenvalue weighted by atomic mass is 10.1. The van der Waals surface area contributed by atoms with Gasteiger partial charge >= 0.3 is 0 Å². The molecule has 1 fully saturated rings. The molecule has 3 rings (SSSR count). The van der Waals surface area contributed by atoms with E-state index >= 15 is 0 Å². The third-order valence-electron chi connectivity index (χ3n) is 3.26. The topological polar surface area (TPSA) is 60.2 Å². The molecule has 2 heterocycles. The molecule has 1 aliphatic rings. The molecule has 0 radical (unpaired) electrons. The molecule has 0 aliphatic carbocycles. The Balaban J connectivity index is 2.10. The van der Waals surface area contributed by atoms with Gasteiger partial charge in [-0.1, -0.05) is 28.4 Å². The van der Waals surface area contributed by atoms with Gasteiger partial charge in [0.25, 0.3) is 0 Å². The standard InChI is InChI=1S/C13H13Cl2N3O2/c14-8-4-9(15)6-10(5-8)18-13(11(7-19)16-17-18)12-2-1-3-20-12/h4-6,12,19H,1-3,7H2. The van der Waals surface area contributed by atoms with Gasteiger partial charge in [-0.05, 0) is 31.0 Å². The Kier molecular flexibility index (Phi) is 3.94. The van der Waals surface area contributed by atoms with Gasteiger partial charge in [-0.3, -0.25) is 0 Å². The third kappa shape index (κ3) is 2.54. The molecular weight excluding hydrogens is 301 g/mol. The van der Waals surface area contributed by atoms with Crippen LogP contribution < -0.4 is 0 Å². The van der Waals surface area contributed by atoms with Crippen molar-refractivity contribution in [3.05, 3.63) is 39.6 Å². The Hall–Kier alpha value is -1.14. The van der Waals surface area contributed by atoms with Crippen molar-refractivity contribution < 1.29 is 9.84 Å². The molecule has 0 saturated carbocycles. The van der Waals surface area contributed by atoms with Crippen molar-refractivity contribution in [2.45, 2.75) is 25.6 Å². The average molecular weight is 314 g/mol. The quantitative estimate of drug-likeness (QED) is 0.946. The summed E-state index contributed by atoms with van der Waals surface area (Å²) in [5, 5.41) is 18.6. The summed E-state index contributed by atoms with van der Waals surface area (Å²) in [6, 6.07) is 5.16. The van der Waals surface area contributed by atoms with Crippen LogP contribution in [0, 0.1) is 0 Å². The molecule has 106 valence electrons. The molecule has 1 aromatic carbocycles. The van der Waals surface area contributed by atoms with E-state index in [-0.39, 0.29) is 12.7 Å². The first-order chi connectivity index (χ1) is 9.69. The van der Waals surface area contributed by atoms with E-state index in [0.29, 0.717) is 28.0 Å². The van der Waals surface area contributed by atoms with E-state index in [4.69, 9.17) is 27.9 Å². The summed E-state index contributed by atoms with van der Waals surface area (Å²) in [4.78, 5) is 0. The summed E-state index contributed by atoms with van der Waals surface area (Å²) in [5.41, 5.74) is 2.00. The molecule has 1 aromatic heterocycles. The Morgan fingerprint density at radius 1 is 1.30 bits per heavy atom. The minimum absolute atomic E-state index is 0.107. The van der Waals surface area contributed by atoms with E-state index in [1.165, 1.54) is 0 Å². The molecule has 1 aliphatic heterocycles. The van der Waals surface area contributed by atoms with Gasteiger partial charge in [-0.25, -0.2) is 4.68 Å². The van der Waals surface area contributed by atoms with E-state index in [0.717, 1.165) is 18.5 Å². The Morgan fingerprint density at radius 2 is 2.05 bits per heavy atom. The summed E-state index contributed by atoms with van der Waals surface area (Å²) in [6.45, 7) is 0.528. The van der Waals surface area contributed by atoms with Crippen LogP contribution in [-0.2, 0) is 11.3 Å². The molecule has 2 aromatic rings. The van der Waals surface area contributed by atoms with Crippen LogP contribution in [0.25, 0.3) is 5.69 Å². The summed E-state index contributed by atoms with van der Waals surface area (Å²) < 4.78 is 7.32. The van der Waals surface area contributed by atoms with E-state index in [1.807, 2.05) is 0 Å². The second-order valence-electron chi connectivity index (χ2n) is 4.62. The van der Waals surface area contributed by atoms with Gasteiger partial charge in [0.05, 0.1) is 18.0 Å². The zero-order valence-electron chi connectivity index (χ0n) is 10.6.